The van der Waals surface area contributed by atoms with Crippen molar-refractivity contribution < 1.29 is 14.3 Å². The van der Waals surface area contributed by atoms with E-state index in [0.717, 1.165) is 12.0 Å². The Kier molecular flexibility index (Phi) is 3.15. The second-order valence-corrected chi connectivity index (χ2v) is 4.60. The predicted octanol–water partition coefficient (Wildman–Crippen LogP) is 2.42. The third-order valence-corrected chi connectivity index (χ3v) is 2.81. The number of carbonyl (C=O) groups excluding carboxylic acids is 1. The predicted molar refractivity (Wildman–Crippen MR) is 65.6 cm³/mol. The topological polar surface area (TPSA) is 61.5 Å². The number of esters is 1. The van der Waals surface area contributed by atoms with Crippen LogP contribution in [0.1, 0.15) is 29.8 Å². The van der Waals surface area contributed by atoms with Crippen LogP contribution < -0.4 is 10.5 Å². The molecular formula is C12H14ClNO3. The molecule has 0 atom stereocenters. The zero-order valence-electron chi connectivity index (χ0n) is 9.75. The maximum Gasteiger partial charge on any atom is 0.342 e. The van der Waals surface area contributed by atoms with Crippen molar-refractivity contribution in [2.45, 2.75) is 26.4 Å². The Morgan fingerprint density at radius 1 is 1.59 bits per heavy atom. The molecule has 92 valence electrons. The highest BCUT2D eigenvalue weighted by molar-refractivity contribution is 6.34. The molecule has 2 rings (SSSR count). The number of hydrogen-bond donors (Lipinski definition) is 1. The Bertz CT molecular complexity index is 471. The Balaban J connectivity index is 2.44. The Morgan fingerprint density at radius 3 is 2.94 bits per heavy atom. The van der Waals surface area contributed by atoms with Crippen molar-refractivity contribution in [3.05, 3.63) is 22.2 Å². The van der Waals surface area contributed by atoms with Gasteiger partial charge in [-0.3, -0.25) is 0 Å². The van der Waals surface area contributed by atoms with E-state index in [2.05, 4.69) is 0 Å². The van der Waals surface area contributed by atoms with E-state index in [0.29, 0.717) is 17.4 Å². The summed E-state index contributed by atoms with van der Waals surface area (Å²) in [6.45, 7) is 4.11. The molecule has 1 heterocycles. The lowest BCUT2D eigenvalue weighted by atomic mass is 10.1. The first-order valence-electron chi connectivity index (χ1n) is 5.45. The molecule has 0 aromatic heterocycles. The standard InChI is InChI=1S/C12H14ClNO3/c1-6(2)17-12(15)9-8(13)5-7-3-4-16-11(7)10(9)14/h5-6H,3-4,14H2,1-2H3. The molecular weight excluding hydrogens is 242 g/mol. The molecule has 0 aliphatic carbocycles. The van der Waals surface area contributed by atoms with Crippen LogP contribution in [0.5, 0.6) is 5.75 Å². The lowest BCUT2D eigenvalue weighted by Crippen LogP contribution is -2.14. The van der Waals surface area contributed by atoms with Crippen LogP contribution in [0.4, 0.5) is 5.69 Å². The summed E-state index contributed by atoms with van der Waals surface area (Å²) in [6.07, 6.45) is 0.547. The van der Waals surface area contributed by atoms with Gasteiger partial charge < -0.3 is 15.2 Å². The first kappa shape index (κ1) is 12.0. The molecule has 2 N–H and O–H groups in total. The van der Waals surface area contributed by atoms with Crippen LogP contribution in [0, 0.1) is 0 Å². The van der Waals surface area contributed by atoms with Gasteiger partial charge in [0.2, 0.25) is 0 Å². The SMILES string of the molecule is CC(C)OC(=O)c1c(Cl)cc2c(c1N)OCC2. The number of ether oxygens (including phenoxy) is 2. The fraction of sp³-hybridized carbons (Fsp3) is 0.417. The molecule has 1 aromatic rings. The molecule has 0 saturated heterocycles. The van der Waals surface area contributed by atoms with Gasteiger partial charge in [-0.05, 0) is 19.9 Å². The van der Waals surface area contributed by atoms with Gasteiger partial charge in [0.05, 0.1) is 23.4 Å². The first-order chi connectivity index (χ1) is 8.00. The Labute approximate surface area is 105 Å². The second kappa shape index (κ2) is 4.45. The van der Waals surface area contributed by atoms with Crippen molar-refractivity contribution in [1.82, 2.24) is 0 Å². The van der Waals surface area contributed by atoms with Gasteiger partial charge in [0.15, 0.2) is 0 Å². The van der Waals surface area contributed by atoms with Gasteiger partial charge in [0.25, 0.3) is 0 Å². The number of nitrogen functional groups attached to an aromatic ring is 1. The van der Waals surface area contributed by atoms with Crippen LogP contribution >= 0.6 is 11.6 Å². The molecule has 1 aliphatic heterocycles. The van der Waals surface area contributed by atoms with Gasteiger partial charge in [0, 0.05) is 12.0 Å². The largest absolute Gasteiger partial charge is 0.491 e. The maximum atomic E-state index is 11.9. The van der Waals surface area contributed by atoms with E-state index in [1.165, 1.54) is 0 Å². The summed E-state index contributed by atoms with van der Waals surface area (Å²) >= 11 is 6.06. The molecule has 0 spiro atoms. The van der Waals surface area contributed by atoms with Crippen LogP contribution in [0.3, 0.4) is 0 Å². The second-order valence-electron chi connectivity index (χ2n) is 4.19. The summed E-state index contributed by atoms with van der Waals surface area (Å²) in [5, 5.41) is 0.317. The summed E-state index contributed by atoms with van der Waals surface area (Å²) in [5.74, 6) is 0.0471. The quantitative estimate of drug-likeness (QED) is 0.651. The summed E-state index contributed by atoms with van der Waals surface area (Å²) in [6, 6.07) is 1.72. The molecule has 0 bridgehead atoms. The average molecular weight is 256 g/mol. The average Bonchev–Trinajstić information content (AvgIpc) is 2.64. The van der Waals surface area contributed by atoms with Crippen molar-refractivity contribution in [1.29, 1.82) is 0 Å². The van der Waals surface area contributed by atoms with Crippen molar-refractivity contribution in [3.63, 3.8) is 0 Å². The summed E-state index contributed by atoms with van der Waals surface area (Å²) in [4.78, 5) is 11.9. The number of hydrogen-bond acceptors (Lipinski definition) is 4. The number of rotatable bonds is 2. The lowest BCUT2D eigenvalue weighted by Gasteiger charge is -2.13. The molecule has 0 radical (unpaired) electrons. The zero-order chi connectivity index (χ0) is 12.6. The van der Waals surface area contributed by atoms with Gasteiger partial charge in [-0.25, -0.2) is 4.79 Å². The van der Waals surface area contributed by atoms with Gasteiger partial charge in [-0.2, -0.15) is 0 Å². The third-order valence-electron chi connectivity index (χ3n) is 2.51. The molecule has 1 aromatic carbocycles. The van der Waals surface area contributed by atoms with E-state index in [1.54, 1.807) is 19.9 Å². The minimum Gasteiger partial charge on any atom is -0.491 e. The minimum absolute atomic E-state index is 0.195. The molecule has 1 aliphatic rings. The van der Waals surface area contributed by atoms with Gasteiger partial charge in [-0.1, -0.05) is 11.6 Å². The van der Waals surface area contributed by atoms with E-state index in [4.69, 9.17) is 26.8 Å². The normalized spacial score (nSPS) is 13.4. The number of halogens is 1. The number of carbonyl (C=O) groups is 1. The lowest BCUT2D eigenvalue weighted by molar-refractivity contribution is 0.0379. The Morgan fingerprint density at radius 2 is 2.29 bits per heavy atom. The van der Waals surface area contributed by atoms with Gasteiger partial charge in [0.1, 0.15) is 11.3 Å². The number of benzene rings is 1. The van der Waals surface area contributed by atoms with Crippen LogP contribution in [0.2, 0.25) is 5.02 Å². The Hall–Kier alpha value is -1.42. The monoisotopic (exact) mass is 255 g/mol. The van der Waals surface area contributed by atoms with Crippen LogP contribution in [0.25, 0.3) is 0 Å². The summed E-state index contributed by atoms with van der Waals surface area (Å²) in [7, 11) is 0. The van der Waals surface area contributed by atoms with Crippen LogP contribution in [-0.4, -0.2) is 18.7 Å². The van der Waals surface area contributed by atoms with Crippen molar-refractivity contribution >= 4 is 23.3 Å². The highest BCUT2D eigenvalue weighted by atomic mass is 35.5. The number of fused-ring (bicyclic) bond motifs is 1. The fourth-order valence-corrected chi connectivity index (χ4v) is 2.12. The van der Waals surface area contributed by atoms with E-state index in [9.17, 15) is 4.79 Å². The molecule has 5 heteroatoms. The highest BCUT2D eigenvalue weighted by Gasteiger charge is 2.25. The summed E-state index contributed by atoms with van der Waals surface area (Å²) < 4.78 is 10.5. The summed E-state index contributed by atoms with van der Waals surface area (Å²) in [5.41, 5.74) is 7.31. The van der Waals surface area contributed by atoms with E-state index in [1.807, 2.05) is 0 Å². The third kappa shape index (κ3) is 2.17. The van der Waals surface area contributed by atoms with Crippen LogP contribution in [0.15, 0.2) is 6.07 Å². The van der Waals surface area contributed by atoms with Gasteiger partial charge in [-0.15, -0.1) is 0 Å². The maximum absolute atomic E-state index is 11.9. The fourth-order valence-electron chi connectivity index (χ4n) is 1.81. The first-order valence-corrected chi connectivity index (χ1v) is 5.83. The number of nitrogens with two attached hydrogens (primary N) is 1. The van der Waals surface area contributed by atoms with Crippen LogP contribution in [-0.2, 0) is 11.2 Å². The molecule has 0 unspecified atom stereocenters. The highest BCUT2D eigenvalue weighted by Crippen LogP contribution is 2.39. The molecule has 17 heavy (non-hydrogen) atoms. The smallest absolute Gasteiger partial charge is 0.342 e. The molecule has 0 amide bonds. The van der Waals surface area contributed by atoms with E-state index >= 15 is 0 Å². The van der Waals surface area contributed by atoms with Crippen molar-refractivity contribution in [2.75, 3.05) is 12.3 Å². The molecule has 4 nitrogen and oxygen atoms in total. The molecule has 0 fully saturated rings. The van der Waals surface area contributed by atoms with E-state index < -0.39 is 5.97 Å². The van der Waals surface area contributed by atoms with Crippen molar-refractivity contribution in [3.8, 4) is 5.75 Å². The zero-order valence-corrected chi connectivity index (χ0v) is 10.5. The number of anilines is 1. The van der Waals surface area contributed by atoms with E-state index in [-0.39, 0.29) is 17.4 Å². The van der Waals surface area contributed by atoms with Gasteiger partial charge >= 0.3 is 5.97 Å². The van der Waals surface area contributed by atoms with Crippen molar-refractivity contribution in [2.24, 2.45) is 0 Å². The molecule has 0 saturated carbocycles. The minimum atomic E-state index is -0.513.